The van der Waals surface area contributed by atoms with Crippen LogP contribution in [0.25, 0.3) is 0 Å². The summed E-state index contributed by atoms with van der Waals surface area (Å²) in [6, 6.07) is -3.27. The summed E-state index contributed by atoms with van der Waals surface area (Å²) in [5.74, 6) is -9.29. The maximum Gasteiger partial charge on any atom is 0.344 e. The number of carbonyl (C=O) groups excluding carboxylic acids is 5. The molecule has 40 heavy (non-hydrogen) atoms. The van der Waals surface area contributed by atoms with E-state index in [-0.39, 0.29) is 12.3 Å². The normalized spacial score (nSPS) is 19.2. The molecule has 0 aliphatic rings. The first-order valence-corrected chi connectivity index (χ1v) is 13.5. The monoisotopic (exact) mass is 573 g/mol. The zero-order valence-corrected chi connectivity index (χ0v) is 24.8. The van der Waals surface area contributed by atoms with Crippen molar-refractivity contribution in [3.63, 3.8) is 0 Å². The molecule has 13 nitrogen and oxygen atoms in total. The zero-order valence-electron chi connectivity index (χ0n) is 24.8. The number of Topliss-reactive ketones (excluding diaryl/α,β-unsaturated/α-hetero) is 5. The molecular formula is C27H47N3O10. The third kappa shape index (κ3) is 8.30. The average molecular weight is 574 g/mol. The third-order valence-electron chi connectivity index (χ3n) is 7.59. The van der Waals surface area contributed by atoms with Crippen molar-refractivity contribution < 1.29 is 49.2 Å². The molecule has 0 saturated carbocycles. The molecule has 0 aliphatic carbocycles. The summed E-state index contributed by atoms with van der Waals surface area (Å²) in [6.07, 6.45) is -0.802. The quantitative estimate of drug-likeness (QED) is 0.0814. The van der Waals surface area contributed by atoms with E-state index in [1.165, 1.54) is 28.1 Å². The second-order valence-corrected chi connectivity index (χ2v) is 10.5. The highest BCUT2D eigenvalue weighted by atomic mass is 16.4. The predicted molar refractivity (Wildman–Crippen MR) is 146 cm³/mol. The van der Waals surface area contributed by atoms with Crippen LogP contribution < -0.4 is 16.0 Å². The van der Waals surface area contributed by atoms with Gasteiger partial charge in [0.15, 0.2) is 34.3 Å². The van der Waals surface area contributed by atoms with E-state index in [1.54, 1.807) is 13.8 Å². The van der Waals surface area contributed by atoms with Crippen molar-refractivity contribution in [3.05, 3.63) is 0 Å². The van der Waals surface area contributed by atoms with Crippen molar-refractivity contribution in [3.8, 4) is 0 Å². The Morgan fingerprint density at radius 1 is 0.800 bits per heavy atom. The van der Waals surface area contributed by atoms with E-state index in [0.29, 0.717) is 19.3 Å². The Morgan fingerprint density at radius 3 is 1.75 bits per heavy atom. The SMILES string of the molecule is CCCC[C@H](NC)C(=O)C(C)(O)C(=O)CC(O)(C(=O)[C@H](C)NC)C(=O)C(O)(CC(=O)[C@@H](NC)C(C)CC)C(=O)O. The first kappa shape index (κ1) is 37.6. The first-order chi connectivity index (χ1) is 18.4. The summed E-state index contributed by atoms with van der Waals surface area (Å²) in [7, 11) is 4.16. The number of nitrogens with one attached hydrogen (secondary N) is 3. The van der Waals surface area contributed by atoms with Gasteiger partial charge in [-0.1, -0.05) is 40.0 Å². The number of ketones is 5. The highest BCUT2D eigenvalue weighted by Gasteiger charge is 2.61. The van der Waals surface area contributed by atoms with E-state index >= 15 is 0 Å². The number of carbonyl (C=O) groups is 6. The van der Waals surface area contributed by atoms with Gasteiger partial charge >= 0.3 is 5.97 Å². The zero-order chi connectivity index (χ0) is 31.6. The van der Waals surface area contributed by atoms with Crippen LogP contribution in [0.2, 0.25) is 0 Å². The number of carboxylic acid groups (broad SMARTS) is 1. The Balaban J connectivity index is 6.71. The molecule has 0 aromatic carbocycles. The highest BCUT2D eigenvalue weighted by molar-refractivity contribution is 6.25. The summed E-state index contributed by atoms with van der Waals surface area (Å²) < 4.78 is 0. The lowest BCUT2D eigenvalue weighted by molar-refractivity contribution is -0.181. The Bertz CT molecular complexity index is 953. The number of unbranched alkanes of at least 4 members (excludes halogenated alkanes) is 1. The van der Waals surface area contributed by atoms with Gasteiger partial charge in [-0.05, 0) is 47.3 Å². The maximum absolute atomic E-state index is 13.6. The van der Waals surface area contributed by atoms with E-state index in [2.05, 4.69) is 16.0 Å². The van der Waals surface area contributed by atoms with E-state index in [4.69, 9.17) is 0 Å². The van der Waals surface area contributed by atoms with Crippen LogP contribution in [0.15, 0.2) is 0 Å². The van der Waals surface area contributed by atoms with Crippen molar-refractivity contribution in [2.24, 2.45) is 5.92 Å². The number of likely N-dealkylation sites (N-methyl/N-ethyl adjacent to an activating group) is 3. The topological polar surface area (TPSA) is 219 Å². The van der Waals surface area contributed by atoms with Crippen LogP contribution >= 0.6 is 0 Å². The van der Waals surface area contributed by atoms with Crippen LogP contribution in [0.1, 0.15) is 73.1 Å². The van der Waals surface area contributed by atoms with Crippen molar-refractivity contribution in [1.29, 1.82) is 0 Å². The Morgan fingerprint density at radius 2 is 1.35 bits per heavy atom. The van der Waals surface area contributed by atoms with Gasteiger partial charge in [-0.3, -0.25) is 24.0 Å². The van der Waals surface area contributed by atoms with E-state index < -0.39 is 82.7 Å². The first-order valence-electron chi connectivity index (χ1n) is 13.5. The van der Waals surface area contributed by atoms with Crippen LogP contribution in [0, 0.1) is 5.92 Å². The van der Waals surface area contributed by atoms with Crippen molar-refractivity contribution >= 4 is 34.9 Å². The van der Waals surface area contributed by atoms with E-state index in [1.807, 2.05) is 6.92 Å². The lowest BCUT2D eigenvalue weighted by Gasteiger charge is -2.35. The molecule has 0 aromatic rings. The summed E-state index contributed by atoms with van der Waals surface area (Å²) >= 11 is 0. The molecule has 4 unspecified atom stereocenters. The summed E-state index contributed by atoms with van der Waals surface area (Å²) in [5, 5.41) is 51.0. The van der Waals surface area contributed by atoms with Gasteiger partial charge in [-0.25, -0.2) is 4.79 Å². The standard InChI is InChI=1S/C27H47N3O10/c1-9-11-12-17(29-7)22(34)25(5,38)19(32)14-26(39,21(33)16(4)28-6)23(35)27(40,24(36)37)13-18(31)20(30-8)15(3)10-2/h15-17,20,28-30,38-40H,9-14H2,1-8H3,(H,36,37)/t15?,16-,17-,20-,25?,26?,27?/m0/s1. The lowest BCUT2D eigenvalue weighted by atomic mass is 9.72. The van der Waals surface area contributed by atoms with Gasteiger partial charge in [0.1, 0.15) is 0 Å². The van der Waals surface area contributed by atoms with Crippen LogP contribution in [0.5, 0.6) is 0 Å². The molecule has 0 rings (SSSR count). The van der Waals surface area contributed by atoms with Gasteiger partial charge in [0.05, 0.1) is 31.0 Å². The minimum atomic E-state index is -3.61. The third-order valence-corrected chi connectivity index (χ3v) is 7.59. The predicted octanol–water partition coefficient (Wildman–Crippen LogP) is -1.07. The van der Waals surface area contributed by atoms with Gasteiger partial charge in [0.2, 0.25) is 11.4 Å². The van der Waals surface area contributed by atoms with Crippen LogP contribution in [-0.4, -0.2) is 111 Å². The molecule has 7 atom stereocenters. The van der Waals surface area contributed by atoms with Crippen LogP contribution in [0.3, 0.4) is 0 Å². The molecule has 0 aliphatic heterocycles. The van der Waals surface area contributed by atoms with Gasteiger partial charge in [0.25, 0.3) is 0 Å². The molecule has 0 spiro atoms. The Hall–Kier alpha value is -2.42. The van der Waals surface area contributed by atoms with Crippen molar-refractivity contribution in [2.45, 2.75) is 108 Å². The number of hydrogen-bond donors (Lipinski definition) is 7. The van der Waals surface area contributed by atoms with Gasteiger partial charge < -0.3 is 36.4 Å². The maximum atomic E-state index is 13.6. The second-order valence-electron chi connectivity index (χ2n) is 10.5. The summed E-state index contributed by atoms with van der Waals surface area (Å²) in [5.41, 5.74) is -9.91. The minimum Gasteiger partial charge on any atom is -0.479 e. The number of aliphatic carboxylic acids is 1. The molecule has 0 aromatic heterocycles. The Labute approximate surface area is 235 Å². The molecule has 230 valence electrons. The molecule has 0 amide bonds. The van der Waals surface area contributed by atoms with Gasteiger partial charge in [-0.2, -0.15) is 0 Å². The van der Waals surface area contributed by atoms with Crippen molar-refractivity contribution in [1.82, 2.24) is 16.0 Å². The molecular weight excluding hydrogens is 526 g/mol. The highest BCUT2D eigenvalue weighted by Crippen LogP contribution is 2.30. The Kier molecular flexibility index (Phi) is 14.6. The van der Waals surface area contributed by atoms with Gasteiger partial charge in [-0.15, -0.1) is 0 Å². The number of rotatable bonds is 21. The van der Waals surface area contributed by atoms with Gasteiger partial charge in [0, 0.05) is 0 Å². The van der Waals surface area contributed by atoms with Crippen molar-refractivity contribution in [2.75, 3.05) is 21.1 Å². The fraction of sp³-hybridized carbons (Fsp3) is 0.778. The number of hydrogen-bond acceptors (Lipinski definition) is 12. The smallest absolute Gasteiger partial charge is 0.344 e. The summed E-state index contributed by atoms with van der Waals surface area (Å²) in [4.78, 5) is 78.3. The number of aliphatic hydroxyl groups is 3. The molecule has 0 bridgehead atoms. The lowest BCUT2D eigenvalue weighted by Crippen LogP contribution is -2.66. The van der Waals surface area contributed by atoms with Crippen LogP contribution in [0.4, 0.5) is 0 Å². The molecule has 0 fully saturated rings. The fourth-order valence-electron chi connectivity index (χ4n) is 4.42. The molecule has 13 heteroatoms. The average Bonchev–Trinajstić information content (AvgIpc) is 2.91. The van der Waals surface area contributed by atoms with E-state index in [0.717, 1.165) is 6.92 Å². The molecule has 0 saturated heterocycles. The van der Waals surface area contributed by atoms with E-state index in [9.17, 15) is 49.2 Å². The molecule has 0 radical (unpaired) electrons. The van der Waals surface area contributed by atoms with Crippen LogP contribution in [-0.2, 0) is 28.8 Å². The largest absolute Gasteiger partial charge is 0.479 e. The summed E-state index contributed by atoms with van der Waals surface area (Å²) in [6.45, 7) is 7.39. The minimum absolute atomic E-state index is 0.262. The molecule has 7 N–H and O–H groups in total. The second kappa shape index (κ2) is 15.5. The fourth-order valence-corrected chi connectivity index (χ4v) is 4.42. The molecule has 0 heterocycles. The number of carboxylic acids is 1.